The van der Waals surface area contributed by atoms with Crippen LogP contribution < -0.4 is 15.0 Å². The molecule has 2 aromatic carbocycles. The minimum atomic E-state index is -0.197. The van der Waals surface area contributed by atoms with E-state index in [-0.39, 0.29) is 5.91 Å². The van der Waals surface area contributed by atoms with Crippen molar-refractivity contribution in [2.45, 2.75) is 0 Å². The molecule has 5 nitrogen and oxygen atoms in total. The SMILES string of the molecule is COc1ccc2sc(C(=O)Nc3ccc(N4CCN(C)CC4)cc3)c(Cl)c2c1. The monoisotopic (exact) mass is 415 g/mol. The molecular formula is C21H22ClN3O2S. The van der Waals surface area contributed by atoms with Crippen molar-refractivity contribution in [2.75, 3.05) is 50.6 Å². The van der Waals surface area contributed by atoms with Crippen LogP contribution in [0, 0.1) is 0 Å². The van der Waals surface area contributed by atoms with E-state index in [9.17, 15) is 4.79 Å². The number of fused-ring (bicyclic) bond motifs is 1. The van der Waals surface area contributed by atoms with E-state index in [0.717, 1.165) is 47.7 Å². The molecule has 1 aromatic heterocycles. The van der Waals surface area contributed by atoms with Crippen LogP contribution in [0.25, 0.3) is 10.1 Å². The summed E-state index contributed by atoms with van der Waals surface area (Å²) in [6.45, 7) is 4.16. The average molecular weight is 416 g/mol. The molecule has 4 rings (SSSR count). The third-order valence-corrected chi connectivity index (χ3v) is 6.71. The summed E-state index contributed by atoms with van der Waals surface area (Å²) in [4.78, 5) is 17.9. The van der Waals surface area contributed by atoms with Gasteiger partial charge in [0.15, 0.2) is 0 Å². The van der Waals surface area contributed by atoms with Crippen molar-refractivity contribution >= 4 is 50.3 Å². The number of methoxy groups -OCH3 is 1. The zero-order valence-corrected chi connectivity index (χ0v) is 17.4. The maximum Gasteiger partial charge on any atom is 0.267 e. The Bertz CT molecular complexity index is 995. The number of hydrogen-bond donors (Lipinski definition) is 1. The number of piperazine rings is 1. The summed E-state index contributed by atoms with van der Waals surface area (Å²) in [6.07, 6.45) is 0. The molecular weight excluding hydrogens is 394 g/mol. The van der Waals surface area contributed by atoms with E-state index in [2.05, 4.69) is 34.3 Å². The standard InChI is InChI=1S/C21H22ClN3O2S/c1-24-9-11-25(12-10-24)15-5-3-14(4-6-15)23-21(26)20-19(22)17-13-16(27-2)7-8-18(17)28-20/h3-8,13H,9-12H2,1-2H3,(H,23,26). The second kappa shape index (κ2) is 7.99. The first-order valence-corrected chi connectivity index (χ1v) is 10.4. The molecule has 0 atom stereocenters. The fraction of sp³-hybridized carbons (Fsp3) is 0.286. The molecule has 0 unspecified atom stereocenters. The molecule has 1 aliphatic heterocycles. The van der Waals surface area contributed by atoms with Crippen LogP contribution in [0.3, 0.4) is 0 Å². The van der Waals surface area contributed by atoms with Crippen LogP contribution in [-0.4, -0.2) is 51.1 Å². The summed E-state index contributed by atoms with van der Waals surface area (Å²) in [7, 11) is 3.76. The summed E-state index contributed by atoms with van der Waals surface area (Å²) in [5.74, 6) is 0.524. The topological polar surface area (TPSA) is 44.8 Å². The second-order valence-electron chi connectivity index (χ2n) is 6.90. The lowest BCUT2D eigenvalue weighted by Crippen LogP contribution is -2.44. The number of likely N-dealkylation sites (N-methyl/N-ethyl adjacent to an activating group) is 1. The van der Waals surface area contributed by atoms with Gasteiger partial charge in [0, 0.05) is 47.6 Å². The fourth-order valence-corrected chi connectivity index (χ4v) is 4.71. The Balaban J connectivity index is 1.49. The van der Waals surface area contributed by atoms with Crippen molar-refractivity contribution in [1.82, 2.24) is 4.90 Å². The summed E-state index contributed by atoms with van der Waals surface area (Å²) >= 11 is 7.85. The van der Waals surface area contributed by atoms with Gasteiger partial charge in [0.1, 0.15) is 10.6 Å². The Morgan fingerprint density at radius 2 is 1.82 bits per heavy atom. The van der Waals surface area contributed by atoms with Crippen LogP contribution in [0.1, 0.15) is 9.67 Å². The Labute approximate surface area is 173 Å². The molecule has 7 heteroatoms. The molecule has 1 fully saturated rings. The van der Waals surface area contributed by atoms with Gasteiger partial charge in [0.25, 0.3) is 5.91 Å². The van der Waals surface area contributed by atoms with Crippen molar-refractivity contribution in [3.63, 3.8) is 0 Å². The number of ether oxygens (including phenoxy) is 1. The molecule has 0 radical (unpaired) electrons. The highest BCUT2D eigenvalue weighted by molar-refractivity contribution is 7.21. The quantitative estimate of drug-likeness (QED) is 0.678. The molecule has 28 heavy (non-hydrogen) atoms. The van der Waals surface area contributed by atoms with Gasteiger partial charge in [-0.3, -0.25) is 4.79 Å². The van der Waals surface area contributed by atoms with Crippen LogP contribution in [0.5, 0.6) is 5.75 Å². The normalized spacial score (nSPS) is 15.0. The highest BCUT2D eigenvalue weighted by Gasteiger charge is 2.18. The van der Waals surface area contributed by atoms with Gasteiger partial charge in [-0.05, 0) is 49.5 Å². The van der Waals surface area contributed by atoms with Crippen LogP contribution in [0.4, 0.5) is 11.4 Å². The highest BCUT2D eigenvalue weighted by Crippen LogP contribution is 2.37. The maximum atomic E-state index is 12.7. The van der Waals surface area contributed by atoms with Gasteiger partial charge in [-0.1, -0.05) is 11.6 Å². The molecule has 3 aromatic rings. The van der Waals surface area contributed by atoms with Crippen molar-refractivity contribution < 1.29 is 9.53 Å². The number of halogens is 1. The van der Waals surface area contributed by atoms with E-state index in [1.165, 1.54) is 17.0 Å². The summed E-state index contributed by atoms with van der Waals surface area (Å²) < 4.78 is 6.21. The van der Waals surface area contributed by atoms with Gasteiger partial charge >= 0.3 is 0 Å². The number of nitrogens with zero attached hydrogens (tertiary/aromatic N) is 2. The molecule has 2 heterocycles. The Morgan fingerprint density at radius 1 is 1.11 bits per heavy atom. The van der Waals surface area contributed by atoms with E-state index in [1.807, 2.05) is 30.3 Å². The Kier molecular flexibility index (Phi) is 5.44. The molecule has 1 saturated heterocycles. The maximum absolute atomic E-state index is 12.7. The third-order valence-electron chi connectivity index (χ3n) is 5.03. The number of benzene rings is 2. The van der Waals surface area contributed by atoms with E-state index in [1.54, 1.807) is 7.11 Å². The predicted molar refractivity (Wildman–Crippen MR) is 117 cm³/mol. The predicted octanol–water partition coefficient (Wildman–Crippen LogP) is 4.57. The number of carbonyl (C=O) groups is 1. The second-order valence-corrected chi connectivity index (χ2v) is 8.33. The van der Waals surface area contributed by atoms with E-state index in [4.69, 9.17) is 16.3 Å². The molecule has 0 saturated carbocycles. The zero-order chi connectivity index (χ0) is 19.7. The number of hydrogen-bond acceptors (Lipinski definition) is 5. The van der Waals surface area contributed by atoms with Crippen molar-refractivity contribution in [3.05, 3.63) is 52.4 Å². The Hall–Kier alpha value is -2.28. The lowest BCUT2D eigenvalue weighted by molar-refractivity contribution is 0.103. The summed E-state index contributed by atoms with van der Waals surface area (Å²) in [5.41, 5.74) is 1.94. The minimum Gasteiger partial charge on any atom is -0.497 e. The van der Waals surface area contributed by atoms with Gasteiger partial charge in [0.2, 0.25) is 0 Å². The zero-order valence-electron chi connectivity index (χ0n) is 15.9. The summed E-state index contributed by atoms with van der Waals surface area (Å²) in [5, 5.41) is 4.25. The minimum absolute atomic E-state index is 0.197. The van der Waals surface area contributed by atoms with Gasteiger partial charge in [-0.25, -0.2) is 0 Å². The average Bonchev–Trinajstić information content (AvgIpc) is 3.05. The smallest absolute Gasteiger partial charge is 0.267 e. The van der Waals surface area contributed by atoms with Gasteiger partial charge in [-0.2, -0.15) is 0 Å². The molecule has 0 spiro atoms. The lowest BCUT2D eigenvalue weighted by atomic mass is 10.2. The van der Waals surface area contributed by atoms with Gasteiger partial charge in [-0.15, -0.1) is 11.3 Å². The third kappa shape index (κ3) is 3.81. The molecule has 1 aliphatic rings. The van der Waals surface area contributed by atoms with Crippen LogP contribution >= 0.6 is 22.9 Å². The molecule has 0 bridgehead atoms. The van der Waals surface area contributed by atoms with Crippen LogP contribution in [0.2, 0.25) is 5.02 Å². The first kappa shape index (κ1) is 19.1. The number of thiophene rings is 1. The van der Waals surface area contributed by atoms with Gasteiger partial charge < -0.3 is 19.9 Å². The highest BCUT2D eigenvalue weighted by atomic mass is 35.5. The van der Waals surface area contributed by atoms with E-state index >= 15 is 0 Å². The number of rotatable bonds is 4. The Morgan fingerprint density at radius 3 is 2.50 bits per heavy atom. The number of anilines is 2. The van der Waals surface area contributed by atoms with Crippen LogP contribution in [-0.2, 0) is 0 Å². The van der Waals surface area contributed by atoms with E-state index < -0.39 is 0 Å². The van der Waals surface area contributed by atoms with Crippen molar-refractivity contribution in [2.24, 2.45) is 0 Å². The first-order valence-electron chi connectivity index (χ1n) is 9.16. The molecule has 0 aliphatic carbocycles. The van der Waals surface area contributed by atoms with Crippen LogP contribution in [0.15, 0.2) is 42.5 Å². The number of amides is 1. The van der Waals surface area contributed by atoms with Crippen molar-refractivity contribution in [1.29, 1.82) is 0 Å². The number of carbonyl (C=O) groups excluding carboxylic acids is 1. The fourth-order valence-electron chi connectivity index (χ4n) is 3.33. The molecule has 1 amide bonds. The number of nitrogens with one attached hydrogen (secondary N) is 1. The molecule has 1 N–H and O–H groups in total. The first-order chi connectivity index (χ1) is 13.5. The van der Waals surface area contributed by atoms with E-state index in [0.29, 0.717) is 9.90 Å². The summed E-state index contributed by atoms with van der Waals surface area (Å²) in [6, 6.07) is 13.6. The lowest BCUT2D eigenvalue weighted by Gasteiger charge is -2.34. The largest absolute Gasteiger partial charge is 0.497 e. The van der Waals surface area contributed by atoms with Gasteiger partial charge in [0.05, 0.1) is 12.1 Å². The molecule has 146 valence electrons. The van der Waals surface area contributed by atoms with Crippen molar-refractivity contribution in [3.8, 4) is 5.75 Å².